The molecule has 1 fully saturated rings. The van der Waals surface area contributed by atoms with Gasteiger partial charge in [-0.3, -0.25) is 4.79 Å². The van der Waals surface area contributed by atoms with Crippen LogP contribution in [-0.4, -0.2) is 76.2 Å². The number of carbonyl (C=O) groups excluding carboxylic acids is 2. The van der Waals surface area contributed by atoms with Crippen molar-refractivity contribution in [2.45, 2.75) is 37.3 Å². The normalized spacial score (nSPS) is 28.2. The number of benzene rings is 1. The maximum Gasteiger partial charge on any atom is 0.407 e. The summed E-state index contributed by atoms with van der Waals surface area (Å²) in [5, 5.41) is 42.9. The number of amides is 2. The van der Waals surface area contributed by atoms with Crippen LogP contribution in [-0.2, 0) is 20.9 Å². The molecular weight excluding hydrogens is 348 g/mol. The van der Waals surface area contributed by atoms with E-state index < -0.39 is 55.8 Å². The van der Waals surface area contributed by atoms with E-state index in [9.17, 15) is 24.9 Å². The largest absolute Gasteiger partial charge is 0.445 e. The van der Waals surface area contributed by atoms with Crippen molar-refractivity contribution >= 4 is 12.0 Å². The number of alkyl carbamates (subject to hydrolysis) is 1. The number of aliphatic hydroxyl groups excluding tert-OH is 4. The molecule has 144 valence electrons. The molecule has 0 bridgehead atoms. The second-order valence-electron chi connectivity index (χ2n) is 5.74. The Balaban J connectivity index is 1.75. The molecular formula is C16H22N2O8. The van der Waals surface area contributed by atoms with Crippen LogP contribution in [0, 0.1) is 0 Å². The molecule has 1 aliphatic heterocycles. The van der Waals surface area contributed by atoms with Gasteiger partial charge in [0.25, 0.3) is 0 Å². The predicted molar refractivity (Wildman–Crippen MR) is 86.5 cm³/mol. The van der Waals surface area contributed by atoms with Crippen LogP contribution in [0.1, 0.15) is 5.56 Å². The maximum atomic E-state index is 11.8. The van der Waals surface area contributed by atoms with Gasteiger partial charge in [-0.2, -0.15) is 0 Å². The molecule has 0 spiro atoms. The van der Waals surface area contributed by atoms with Crippen LogP contribution in [0.25, 0.3) is 0 Å². The summed E-state index contributed by atoms with van der Waals surface area (Å²) in [6, 6.07) is 7.65. The minimum absolute atomic E-state index is 0.0386. The molecule has 1 aromatic rings. The predicted octanol–water partition coefficient (Wildman–Crippen LogP) is -2.17. The van der Waals surface area contributed by atoms with Gasteiger partial charge in [-0.15, -0.1) is 0 Å². The highest BCUT2D eigenvalue weighted by atomic mass is 16.6. The lowest BCUT2D eigenvalue weighted by molar-refractivity contribution is -0.253. The fourth-order valence-electron chi connectivity index (χ4n) is 2.42. The van der Waals surface area contributed by atoms with Crippen LogP contribution in [0.5, 0.6) is 0 Å². The Hall–Kier alpha value is -2.24. The number of nitrogens with one attached hydrogen (secondary N) is 2. The van der Waals surface area contributed by atoms with E-state index >= 15 is 0 Å². The number of aliphatic hydroxyl groups is 4. The Kier molecular flexibility index (Phi) is 7.30. The number of ether oxygens (including phenoxy) is 2. The van der Waals surface area contributed by atoms with Crippen molar-refractivity contribution in [3.63, 3.8) is 0 Å². The maximum absolute atomic E-state index is 11.8. The van der Waals surface area contributed by atoms with Crippen molar-refractivity contribution in [2.75, 3.05) is 13.2 Å². The molecule has 10 nitrogen and oxygen atoms in total. The third-order valence-corrected chi connectivity index (χ3v) is 3.83. The number of hydrogen-bond acceptors (Lipinski definition) is 8. The molecule has 0 aliphatic carbocycles. The molecule has 1 aromatic carbocycles. The van der Waals surface area contributed by atoms with Crippen molar-refractivity contribution in [1.82, 2.24) is 10.6 Å². The van der Waals surface area contributed by atoms with Crippen LogP contribution in [0.15, 0.2) is 30.3 Å². The zero-order valence-corrected chi connectivity index (χ0v) is 13.8. The second kappa shape index (κ2) is 9.46. The summed E-state index contributed by atoms with van der Waals surface area (Å²) in [4.78, 5) is 23.4. The van der Waals surface area contributed by atoms with Gasteiger partial charge in [-0.05, 0) is 5.56 Å². The van der Waals surface area contributed by atoms with E-state index in [2.05, 4.69) is 10.6 Å². The van der Waals surface area contributed by atoms with Gasteiger partial charge in [0.1, 0.15) is 37.5 Å². The molecule has 0 aromatic heterocycles. The molecule has 6 N–H and O–H groups in total. The SMILES string of the molecule is O=C(CNC(=O)OCc1ccccc1)N[C@@H]1[C@@H](O)[C@H](O)[C@@H](CO)O[C@@H]1O. The zero-order valence-electron chi connectivity index (χ0n) is 13.8. The molecule has 1 saturated heterocycles. The highest BCUT2D eigenvalue weighted by Gasteiger charge is 2.44. The summed E-state index contributed by atoms with van der Waals surface area (Å²) >= 11 is 0. The van der Waals surface area contributed by atoms with E-state index in [-0.39, 0.29) is 6.61 Å². The van der Waals surface area contributed by atoms with Crippen molar-refractivity contribution in [3.8, 4) is 0 Å². The van der Waals surface area contributed by atoms with E-state index in [0.29, 0.717) is 0 Å². The molecule has 26 heavy (non-hydrogen) atoms. The summed E-state index contributed by atoms with van der Waals surface area (Å²) in [5.74, 6) is -0.733. The van der Waals surface area contributed by atoms with Gasteiger partial charge in [0, 0.05) is 0 Å². The lowest BCUT2D eigenvalue weighted by Gasteiger charge is -2.40. The molecule has 5 atom stereocenters. The monoisotopic (exact) mass is 370 g/mol. The summed E-state index contributed by atoms with van der Waals surface area (Å²) in [6.45, 7) is -1.04. The first-order valence-corrected chi connectivity index (χ1v) is 7.96. The number of hydrogen-bond donors (Lipinski definition) is 6. The average molecular weight is 370 g/mol. The van der Waals surface area contributed by atoms with Crippen molar-refractivity contribution < 1.29 is 39.5 Å². The Morgan fingerprint density at radius 3 is 2.46 bits per heavy atom. The minimum atomic E-state index is -1.63. The van der Waals surface area contributed by atoms with E-state index in [1.54, 1.807) is 24.3 Å². The molecule has 1 aliphatic rings. The highest BCUT2D eigenvalue weighted by Crippen LogP contribution is 2.19. The van der Waals surface area contributed by atoms with E-state index in [0.717, 1.165) is 5.56 Å². The van der Waals surface area contributed by atoms with E-state index in [4.69, 9.17) is 14.6 Å². The van der Waals surface area contributed by atoms with Crippen LogP contribution < -0.4 is 10.6 Å². The average Bonchev–Trinajstić information content (AvgIpc) is 2.65. The molecule has 1 heterocycles. The van der Waals surface area contributed by atoms with E-state index in [1.165, 1.54) is 0 Å². The van der Waals surface area contributed by atoms with Gasteiger partial charge in [-0.25, -0.2) is 4.79 Å². The Morgan fingerprint density at radius 2 is 1.81 bits per heavy atom. The summed E-state index contributed by atoms with van der Waals surface area (Å²) in [6.07, 6.45) is -6.65. The van der Waals surface area contributed by atoms with Gasteiger partial charge < -0.3 is 40.5 Å². The summed E-state index contributed by atoms with van der Waals surface area (Å²) in [5.41, 5.74) is 0.783. The second-order valence-corrected chi connectivity index (χ2v) is 5.74. The van der Waals surface area contributed by atoms with E-state index in [1.807, 2.05) is 6.07 Å². The molecule has 0 saturated carbocycles. The Morgan fingerprint density at radius 1 is 1.12 bits per heavy atom. The fourth-order valence-corrected chi connectivity index (χ4v) is 2.42. The standard InChI is InChI=1S/C16H22N2O8/c19-7-10-13(21)14(22)12(15(23)26-10)18-11(20)6-17-16(24)25-8-9-4-2-1-3-5-9/h1-5,10,12-15,19,21-23H,6-8H2,(H,17,24)(H,18,20)/t10-,12-,13-,14-,15+/m1/s1. The van der Waals surface area contributed by atoms with Crippen LogP contribution >= 0.6 is 0 Å². The summed E-state index contributed by atoms with van der Waals surface area (Å²) in [7, 11) is 0. The topological polar surface area (TPSA) is 158 Å². The van der Waals surface area contributed by atoms with Gasteiger partial charge in [0.2, 0.25) is 5.91 Å². The lowest BCUT2D eigenvalue weighted by atomic mass is 9.97. The summed E-state index contributed by atoms with van der Waals surface area (Å²) < 4.78 is 9.85. The van der Waals surface area contributed by atoms with Crippen LogP contribution in [0.3, 0.4) is 0 Å². The molecule has 2 rings (SSSR count). The Labute approximate surface area is 149 Å². The van der Waals surface area contributed by atoms with Gasteiger partial charge in [-0.1, -0.05) is 30.3 Å². The quantitative estimate of drug-likeness (QED) is 0.330. The smallest absolute Gasteiger partial charge is 0.407 e. The lowest BCUT2D eigenvalue weighted by Crippen LogP contribution is -2.64. The Bertz CT molecular complexity index is 599. The number of rotatable bonds is 6. The molecule has 2 amide bonds. The minimum Gasteiger partial charge on any atom is -0.445 e. The first-order valence-electron chi connectivity index (χ1n) is 7.96. The van der Waals surface area contributed by atoms with Crippen LogP contribution in [0.2, 0.25) is 0 Å². The van der Waals surface area contributed by atoms with Crippen molar-refractivity contribution in [3.05, 3.63) is 35.9 Å². The highest BCUT2D eigenvalue weighted by molar-refractivity contribution is 5.82. The molecule has 0 unspecified atom stereocenters. The van der Waals surface area contributed by atoms with Gasteiger partial charge >= 0.3 is 6.09 Å². The number of carbonyl (C=O) groups is 2. The van der Waals surface area contributed by atoms with Crippen LogP contribution in [0.4, 0.5) is 4.79 Å². The van der Waals surface area contributed by atoms with Gasteiger partial charge in [0.05, 0.1) is 6.61 Å². The van der Waals surface area contributed by atoms with Crippen molar-refractivity contribution in [1.29, 1.82) is 0 Å². The first kappa shape index (κ1) is 20.1. The fraction of sp³-hybridized carbons (Fsp3) is 0.500. The van der Waals surface area contributed by atoms with Crippen molar-refractivity contribution in [2.24, 2.45) is 0 Å². The first-order chi connectivity index (χ1) is 12.4. The molecule has 0 radical (unpaired) electrons. The third kappa shape index (κ3) is 5.38. The van der Waals surface area contributed by atoms with Gasteiger partial charge in [0.15, 0.2) is 6.29 Å². The molecule has 10 heteroatoms. The third-order valence-electron chi connectivity index (χ3n) is 3.83. The zero-order chi connectivity index (χ0) is 19.1.